The third-order valence-electron chi connectivity index (χ3n) is 1.87. The van der Waals surface area contributed by atoms with Gasteiger partial charge < -0.3 is 10.0 Å². The van der Waals surface area contributed by atoms with Gasteiger partial charge in [-0.05, 0) is 13.8 Å². The van der Waals surface area contributed by atoms with Crippen LogP contribution in [0.3, 0.4) is 0 Å². The lowest BCUT2D eigenvalue weighted by Crippen LogP contribution is -2.51. The fourth-order valence-corrected chi connectivity index (χ4v) is 1.20. The molecule has 4 nitrogen and oxygen atoms in total. The third kappa shape index (κ3) is 2.19. The zero-order chi connectivity index (χ0) is 9.19. The number of aliphatic hydroxyl groups is 1. The van der Waals surface area contributed by atoms with Crippen molar-refractivity contribution in [2.45, 2.75) is 19.4 Å². The monoisotopic (exact) mass is 171 g/mol. The van der Waals surface area contributed by atoms with Crippen LogP contribution < -0.4 is 5.32 Å². The number of amides is 1. The van der Waals surface area contributed by atoms with E-state index in [1.165, 1.54) is 13.8 Å². The van der Waals surface area contributed by atoms with Gasteiger partial charge in [0.05, 0.1) is 0 Å². The average Bonchev–Trinajstić information content (AvgIpc) is 2.03. The van der Waals surface area contributed by atoms with E-state index in [4.69, 9.17) is 0 Å². The number of carbonyl (C=O) groups is 1. The molecule has 1 heterocycles. The number of rotatable bonds is 1. The van der Waals surface area contributed by atoms with Crippen LogP contribution in [0.4, 0.5) is 0 Å². The highest BCUT2D eigenvalue weighted by Crippen LogP contribution is 2.07. The van der Waals surface area contributed by atoms with Crippen molar-refractivity contribution in [3.05, 3.63) is 0 Å². The van der Waals surface area contributed by atoms with Gasteiger partial charge >= 0.3 is 0 Å². The Bertz CT molecular complexity index is 168. The van der Waals surface area contributed by atoms with E-state index in [2.05, 4.69) is 5.32 Å². The first-order valence-corrected chi connectivity index (χ1v) is 4.17. The molecular formula is C8H15N2O2. The van der Waals surface area contributed by atoms with Crippen LogP contribution in [0.5, 0.6) is 0 Å². The largest absolute Gasteiger partial charge is 0.381 e. The van der Waals surface area contributed by atoms with Crippen LogP contribution in [0.25, 0.3) is 0 Å². The molecule has 0 aromatic heterocycles. The second kappa shape index (κ2) is 3.41. The first-order valence-electron chi connectivity index (χ1n) is 4.17. The van der Waals surface area contributed by atoms with Gasteiger partial charge in [0.2, 0.25) is 0 Å². The van der Waals surface area contributed by atoms with Gasteiger partial charge in [-0.2, -0.15) is 0 Å². The van der Waals surface area contributed by atoms with Crippen LogP contribution in [-0.4, -0.2) is 47.7 Å². The lowest BCUT2D eigenvalue weighted by Gasteiger charge is -2.31. The Kier molecular flexibility index (Phi) is 2.69. The van der Waals surface area contributed by atoms with Crippen molar-refractivity contribution < 1.29 is 9.90 Å². The third-order valence-corrected chi connectivity index (χ3v) is 1.87. The van der Waals surface area contributed by atoms with Gasteiger partial charge in [0.15, 0.2) is 0 Å². The van der Waals surface area contributed by atoms with Crippen molar-refractivity contribution in [1.29, 1.82) is 0 Å². The lowest BCUT2D eigenvalue weighted by atomic mass is 10.1. The Morgan fingerprint density at radius 1 is 1.42 bits per heavy atom. The predicted octanol–water partition coefficient (Wildman–Crippen LogP) is -0.796. The van der Waals surface area contributed by atoms with E-state index in [1.807, 2.05) is 0 Å². The molecule has 1 rings (SSSR count). The fraction of sp³-hybridized carbons (Fsp3) is 0.875. The van der Waals surface area contributed by atoms with Crippen LogP contribution in [0.15, 0.2) is 0 Å². The molecule has 0 aromatic rings. The zero-order valence-corrected chi connectivity index (χ0v) is 7.58. The summed E-state index contributed by atoms with van der Waals surface area (Å²) >= 11 is 0. The zero-order valence-electron chi connectivity index (χ0n) is 7.58. The Morgan fingerprint density at radius 3 is 2.33 bits per heavy atom. The van der Waals surface area contributed by atoms with E-state index >= 15 is 0 Å². The van der Waals surface area contributed by atoms with Gasteiger partial charge in [-0.3, -0.25) is 4.79 Å². The van der Waals surface area contributed by atoms with Gasteiger partial charge in [0.25, 0.3) is 5.91 Å². The van der Waals surface area contributed by atoms with E-state index < -0.39 is 5.60 Å². The minimum absolute atomic E-state index is 0.197. The summed E-state index contributed by atoms with van der Waals surface area (Å²) in [6.07, 6.45) is 0. The van der Waals surface area contributed by atoms with Crippen LogP contribution >= 0.6 is 0 Å². The molecular weight excluding hydrogens is 156 g/mol. The highest BCUT2D eigenvalue weighted by molar-refractivity contribution is 5.84. The highest BCUT2D eigenvalue weighted by Gasteiger charge is 2.29. The van der Waals surface area contributed by atoms with E-state index in [0.29, 0.717) is 26.2 Å². The molecule has 1 aliphatic rings. The molecule has 0 spiro atoms. The molecule has 1 amide bonds. The Morgan fingerprint density at radius 2 is 1.92 bits per heavy atom. The van der Waals surface area contributed by atoms with Gasteiger partial charge in [-0.15, -0.1) is 0 Å². The molecule has 1 radical (unpaired) electrons. The molecule has 1 aliphatic heterocycles. The summed E-state index contributed by atoms with van der Waals surface area (Å²) in [6.45, 7) is 5.71. The Labute approximate surface area is 72.6 Å². The molecule has 1 N–H and O–H groups in total. The number of hydrogen-bond donors (Lipinski definition) is 1. The first kappa shape index (κ1) is 9.48. The van der Waals surface area contributed by atoms with Crippen LogP contribution in [0, 0.1) is 0 Å². The maximum Gasteiger partial charge on any atom is 0.254 e. The number of hydrogen-bond acceptors (Lipinski definition) is 2. The molecule has 0 unspecified atom stereocenters. The summed E-state index contributed by atoms with van der Waals surface area (Å²) in [4.78, 5) is 13.1. The van der Waals surface area contributed by atoms with Gasteiger partial charge in [-0.25, -0.2) is 5.32 Å². The maximum atomic E-state index is 11.5. The van der Waals surface area contributed by atoms with E-state index in [-0.39, 0.29) is 5.91 Å². The molecule has 0 atom stereocenters. The molecule has 0 saturated carbocycles. The van der Waals surface area contributed by atoms with Gasteiger partial charge in [0, 0.05) is 26.2 Å². The van der Waals surface area contributed by atoms with Crippen LogP contribution in [0.2, 0.25) is 0 Å². The smallest absolute Gasteiger partial charge is 0.254 e. The molecule has 0 aliphatic carbocycles. The van der Waals surface area contributed by atoms with Crippen molar-refractivity contribution in [3.8, 4) is 0 Å². The van der Waals surface area contributed by atoms with Gasteiger partial charge in [0.1, 0.15) is 5.60 Å². The Balaban J connectivity index is 2.51. The summed E-state index contributed by atoms with van der Waals surface area (Å²) in [5.41, 5.74) is -1.24. The Hall–Kier alpha value is -0.610. The van der Waals surface area contributed by atoms with Gasteiger partial charge in [-0.1, -0.05) is 0 Å². The molecule has 0 bridgehead atoms. The van der Waals surface area contributed by atoms with E-state index in [0.717, 1.165) is 0 Å². The fourth-order valence-electron chi connectivity index (χ4n) is 1.20. The van der Waals surface area contributed by atoms with Crippen molar-refractivity contribution in [3.63, 3.8) is 0 Å². The summed E-state index contributed by atoms with van der Waals surface area (Å²) in [7, 11) is 0. The molecule has 4 heteroatoms. The SMILES string of the molecule is CC(C)(O)C(=O)N1CC[N]CC1. The van der Waals surface area contributed by atoms with Crippen molar-refractivity contribution in [1.82, 2.24) is 10.2 Å². The van der Waals surface area contributed by atoms with E-state index in [1.54, 1.807) is 4.90 Å². The summed E-state index contributed by atoms with van der Waals surface area (Å²) in [6, 6.07) is 0. The standard InChI is InChI=1S/C8H15N2O2/c1-8(2,12)7(11)10-5-3-9-4-6-10/h12H,3-6H2,1-2H3. The number of nitrogens with zero attached hydrogens (tertiary/aromatic N) is 2. The van der Waals surface area contributed by atoms with Crippen LogP contribution in [0.1, 0.15) is 13.8 Å². The molecule has 69 valence electrons. The summed E-state index contributed by atoms with van der Waals surface area (Å²) < 4.78 is 0. The van der Waals surface area contributed by atoms with Crippen molar-refractivity contribution in [2.75, 3.05) is 26.2 Å². The number of carbonyl (C=O) groups excluding carboxylic acids is 1. The second-order valence-corrected chi connectivity index (χ2v) is 3.52. The minimum atomic E-state index is -1.24. The minimum Gasteiger partial charge on any atom is -0.381 e. The summed E-state index contributed by atoms with van der Waals surface area (Å²) in [5, 5.41) is 13.5. The average molecular weight is 171 g/mol. The quantitative estimate of drug-likeness (QED) is 0.562. The second-order valence-electron chi connectivity index (χ2n) is 3.52. The highest BCUT2D eigenvalue weighted by atomic mass is 16.3. The van der Waals surface area contributed by atoms with E-state index in [9.17, 15) is 9.90 Å². The predicted molar refractivity (Wildman–Crippen MR) is 44.7 cm³/mol. The van der Waals surface area contributed by atoms with Crippen LogP contribution in [-0.2, 0) is 4.79 Å². The molecule has 12 heavy (non-hydrogen) atoms. The first-order chi connectivity index (χ1) is 5.52. The molecule has 1 fully saturated rings. The molecule has 0 aromatic carbocycles. The van der Waals surface area contributed by atoms with Crippen molar-refractivity contribution >= 4 is 5.91 Å². The van der Waals surface area contributed by atoms with Crippen molar-refractivity contribution in [2.24, 2.45) is 0 Å². The summed E-state index contributed by atoms with van der Waals surface area (Å²) in [5.74, 6) is -0.197. The maximum absolute atomic E-state index is 11.5. The normalized spacial score (nSPS) is 19.4. The number of piperazine rings is 1. The topological polar surface area (TPSA) is 54.6 Å². The lowest BCUT2D eigenvalue weighted by molar-refractivity contribution is -0.148. The molecule has 1 saturated heterocycles.